The first-order chi connectivity index (χ1) is 9.66. The summed E-state index contributed by atoms with van der Waals surface area (Å²) in [6.45, 7) is 3.07. The molecule has 1 fully saturated rings. The van der Waals surface area contributed by atoms with Gasteiger partial charge in [0, 0.05) is 18.1 Å². The van der Waals surface area contributed by atoms with Crippen LogP contribution in [0.4, 0.5) is 0 Å². The molecule has 0 atom stereocenters. The monoisotopic (exact) mass is 295 g/mol. The van der Waals surface area contributed by atoms with Gasteiger partial charge in [0.25, 0.3) is 0 Å². The molecule has 0 aliphatic carbocycles. The zero-order chi connectivity index (χ0) is 14.4. The van der Waals surface area contributed by atoms with E-state index in [1.165, 1.54) is 0 Å². The molecule has 1 heterocycles. The summed E-state index contributed by atoms with van der Waals surface area (Å²) in [4.78, 5) is 12.5. The van der Waals surface area contributed by atoms with Crippen molar-refractivity contribution in [1.82, 2.24) is 16.0 Å². The summed E-state index contributed by atoms with van der Waals surface area (Å²) in [5.41, 5.74) is 0.781. The predicted octanol–water partition coefficient (Wildman–Crippen LogP) is 1.55. The highest BCUT2D eigenvalue weighted by Crippen LogP contribution is 2.28. The van der Waals surface area contributed by atoms with Crippen LogP contribution in [0.25, 0.3) is 0 Å². The molecule has 4 nitrogen and oxygen atoms in total. The van der Waals surface area contributed by atoms with Crippen LogP contribution in [0.5, 0.6) is 0 Å². The van der Waals surface area contributed by atoms with Crippen LogP contribution in [0.15, 0.2) is 24.3 Å². The largest absolute Gasteiger partial charge is 0.352 e. The van der Waals surface area contributed by atoms with Crippen LogP contribution in [0.1, 0.15) is 18.4 Å². The Morgan fingerprint density at radius 3 is 2.55 bits per heavy atom. The van der Waals surface area contributed by atoms with Crippen molar-refractivity contribution in [2.24, 2.45) is 5.41 Å². The highest BCUT2D eigenvalue weighted by atomic mass is 35.5. The van der Waals surface area contributed by atoms with Crippen LogP contribution >= 0.6 is 11.6 Å². The van der Waals surface area contributed by atoms with Crippen LogP contribution in [-0.2, 0) is 11.3 Å². The Morgan fingerprint density at radius 2 is 1.95 bits per heavy atom. The first-order valence-electron chi connectivity index (χ1n) is 7.04. The van der Waals surface area contributed by atoms with Gasteiger partial charge in [0.1, 0.15) is 0 Å². The summed E-state index contributed by atoms with van der Waals surface area (Å²) in [5, 5.41) is 10.2. The Hall–Kier alpha value is -1.10. The molecule has 1 aromatic carbocycles. The maximum atomic E-state index is 12.5. The predicted molar refractivity (Wildman–Crippen MR) is 81.8 cm³/mol. The molecule has 0 radical (unpaired) electrons. The highest BCUT2D eigenvalue weighted by Gasteiger charge is 2.38. The van der Waals surface area contributed by atoms with E-state index in [1.807, 2.05) is 31.3 Å². The number of carbonyl (C=O) groups excluding carboxylic acids is 1. The van der Waals surface area contributed by atoms with Gasteiger partial charge in [0.2, 0.25) is 5.91 Å². The average molecular weight is 296 g/mol. The number of nitrogens with one attached hydrogen (secondary N) is 3. The van der Waals surface area contributed by atoms with Crippen LogP contribution in [0.2, 0.25) is 5.02 Å². The molecule has 0 aromatic heterocycles. The van der Waals surface area contributed by atoms with E-state index in [4.69, 9.17) is 11.6 Å². The lowest BCUT2D eigenvalue weighted by Gasteiger charge is -2.36. The van der Waals surface area contributed by atoms with Crippen LogP contribution in [-0.4, -0.2) is 32.6 Å². The van der Waals surface area contributed by atoms with Gasteiger partial charge < -0.3 is 16.0 Å². The van der Waals surface area contributed by atoms with Crippen molar-refractivity contribution in [2.75, 3.05) is 26.7 Å². The first kappa shape index (κ1) is 15.3. The Morgan fingerprint density at radius 1 is 1.30 bits per heavy atom. The van der Waals surface area contributed by atoms with Gasteiger partial charge in [-0.15, -0.1) is 0 Å². The van der Waals surface area contributed by atoms with Gasteiger partial charge in [-0.3, -0.25) is 4.79 Å². The molecule has 2 rings (SSSR count). The number of piperidine rings is 1. The minimum Gasteiger partial charge on any atom is -0.352 e. The second-order valence-electron chi connectivity index (χ2n) is 5.37. The third-order valence-corrected chi connectivity index (χ3v) is 4.18. The lowest BCUT2D eigenvalue weighted by atomic mass is 9.78. The van der Waals surface area contributed by atoms with Crippen molar-refractivity contribution in [1.29, 1.82) is 0 Å². The fourth-order valence-corrected chi connectivity index (χ4v) is 2.83. The summed E-state index contributed by atoms with van der Waals surface area (Å²) in [7, 11) is 1.90. The van der Waals surface area contributed by atoms with E-state index in [0.717, 1.165) is 38.0 Å². The maximum Gasteiger partial charge on any atom is 0.227 e. The third-order valence-electron chi connectivity index (χ3n) is 3.92. The number of hydrogen-bond donors (Lipinski definition) is 3. The lowest BCUT2D eigenvalue weighted by molar-refractivity contribution is -0.132. The molecule has 1 aromatic rings. The average Bonchev–Trinajstić information content (AvgIpc) is 2.47. The minimum absolute atomic E-state index is 0.142. The number of benzene rings is 1. The fourth-order valence-electron chi connectivity index (χ4n) is 2.70. The molecule has 20 heavy (non-hydrogen) atoms. The van der Waals surface area contributed by atoms with Gasteiger partial charge in [-0.05, 0) is 50.7 Å². The van der Waals surface area contributed by atoms with Gasteiger partial charge >= 0.3 is 0 Å². The molecule has 5 heteroatoms. The molecule has 0 bridgehead atoms. The maximum absolute atomic E-state index is 12.5. The number of hydrogen-bond acceptors (Lipinski definition) is 3. The number of halogens is 1. The molecule has 1 saturated heterocycles. The normalized spacial score (nSPS) is 17.7. The number of rotatable bonds is 5. The molecule has 0 spiro atoms. The Bertz CT molecular complexity index is 435. The number of amides is 1. The Labute approximate surface area is 125 Å². The molecular formula is C15H22ClN3O. The van der Waals surface area contributed by atoms with E-state index in [0.29, 0.717) is 11.6 Å². The molecule has 1 aliphatic rings. The third kappa shape index (κ3) is 3.72. The van der Waals surface area contributed by atoms with E-state index in [1.54, 1.807) is 0 Å². The van der Waals surface area contributed by atoms with E-state index in [9.17, 15) is 4.79 Å². The molecule has 1 aliphatic heterocycles. The van der Waals surface area contributed by atoms with Gasteiger partial charge in [0.15, 0.2) is 0 Å². The lowest BCUT2D eigenvalue weighted by Crippen LogP contribution is -2.52. The van der Waals surface area contributed by atoms with Gasteiger partial charge in [-0.1, -0.05) is 23.7 Å². The zero-order valence-electron chi connectivity index (χ0n) is 11.8. The Kier molecular flexibility index (Phi) is 5.40. The van der Waals surface area contributed by atoms with Crippen LogP contribution in [0.3, 0.4) is 0 Å². The summed E-state index contributed by atoms with van der Waals surface area (Å²) < 4.78 is 0. The molecule has 110 valence electrons. The summed E-state index contributed by atoms with van der Waals surface area (Å²) in [6.07, 6.45) is 1.75. The smallest absolute Gasteiger partial charge is 0.227 e. The molecule has 0 unspecified atom stereocenters. The zero-order valence-corrected chi connectivity index (χ0v) is 12.6. The van der Waals surface area contributed by atoms with Crippen molar-refractivity contribution >= 4 is 17.5 Å². The second kappa shape index (κ2) is 7.07. The van der Waals surface area contributed by atoms with Crippen molar-refractivity contribution in [3.8, 4) is 0 Å². The topological polar surface area (TPSA) is 53.2 Å². The van der Waals surface area contributed by atoms with E-state index >= 15 is 0 Å². The van der Waals surface area contributed by atoms with Gasteiger partial charge in [0.05, 0.1) is 5.41 Å². The van der Waals surface area contributed by atoms with Crippen molar-refractivity contribution in [2.45, 2.75) is 19.4 Å². The van der Waals surface area contributed by atoms with E-state index in [2.05, 4.69) is 16.0 Å². The second-order valence-corrected chi connectivity index (χ2v) is 5.81. The van der Waals surface area contributed by atoms with E-state index in [-0.39, 0.29) is 11.3 Å². The van der Waals surface area contributed by atoms with E-state index < -0.39 is 0 Å². The van der Waals surface area contributed by atoms with Gasteiger partial charge in [-0.25, -0.2) is 0 Å². The standard InChI is InChI=1S/C15H22ClN3O/c1-17-11-15(6-8-18-9-7-15)14(20)19-10-12-2-4-13(16)5-3-12/h2-5,17-18H,6-11H2,1H3,(H,19,20). The molecule has 3 N–H and O–H groups in total. The summed E-state index contributed by atoms with van der Waals surface area (Å²) >= 11 is 5.86. The quantitative estimate of drug-likeness (QED) is 0.772. The van der Waals surface area contributed by atoms with Gasteiger partial charge in [-0.2, -0.15) is 0 Å². The molecule has 0 saturated carbocycles. The van der Waals surface area contributed by atoms with Crippen molar-refractivity contribution in [3.63, 3.8) is 0 Å². The fraction of sp³-hybridized carbons (Fsp3) is 0.533. The molecular weight excluding hydrogens is 274 g/mol. The van der Waals surface area contributed by atoms with Crippen LogP contribution in [0, 0.1) is 5.41 Å². The first-order valence-corrected chi connectivity index (χ1v) is 7.42. The molecule has 1 amide bonds. The number of carbonyl (C=O) groups is 1. The minimum atomic E-state index is -0.285. The summed E-state index contributed by atoms with van der Waals surface area (Å²) in [5.74, 6) is 0.142. The van der Waals surface area contributed by atoms with Crippen molar-refractivity contribution in [3.05, 3.63) is 34.9 Å². The SMILES string of the molecule is CNCC1(C(=O)NCc2ccc(Cl)cc2)CCNCC1. The Balaban J connectivity index is 1.96. The highest BCUT2D eigenvalue weighted by molar-refractivity contribution is 6.30. The summed E-state index contributed by atoms with van der Waals surface area (Å²) in [6, 6.07) is 7.57. The van der Waals surface area contributed by atoms with Crippen molar-refractivity contribution < 1.29 is 4.79 Å². The van der Waals surface area contributed by atoms with Crippen LogP contribution < -0.4 is 16.0 Å².